The van der Waals surface area contributed by atoms with Crippen molar-refractivity contribution < 1.29 is 0 Å². The van der Waals surface area contributed by atoms with Crippen molar-refractivity contribution in [3.63, 3.8) is 0 Å². The molecule has 0 bridgehead atoms. The van der Waals surface area contributed by atoms with Gasteiger partial charge in [-0.15, -0.1) is 0 Å². The van der Waals surface area contributed by atoms with Gasteiger partial charge in [0.05, 0.1) is 0 Å². The molecule has 0 aromatic rings. The minimum atomic E-state index is 1.63. The van der Waals surface area contributed by atoms with E-state index in [0.717, 1.165) is 0 Å². The van der Waals surface area contributed by atoms with E-state index in [1.807, 2.05) is 0 Å². The minimum absolute atomic E-state index is 1.63. The van der Waals surface area contributed by atoms with E-state index >= 15 is 0 Å². The van der Waals surface area contributed by atoms with Crippen molar-refractivity contribution in [2.45, 2.75) is 0 Å². The first-order chi connectivity index (χ1) is 2.41. The topological polar surface area (TPSA) is 0 Å². The van der Waals surface area contributed by atoms with Crippen LogP contribution >= 0.6 is 12.6 Å². The van der Waals surface area contributed by atoms with Crippen LogP contribution in [0, 0.1) is 0 Å². The maximum Gasteiger partial charge on any atom is -0.0324 e. The predicted octanol–water partition coefficient (Wildman–Crippen LogP) is 1.62. The van der Waals surface area contributed by atoms with E-state index in [9.17, 15) is 0 Å². The molecule has 0 fully saturated rings. The first-order valence-electron chi connectivity index (χ1n) is 1.33. The van der Waals surface area contributed by atoms with Crippen molar-refractivity contribution in [3.05, 3.63) is 24.1 Å². The third-order valence-corrected chi connectivity index (χ3v) is 0.394. The highest BCUT2D eigenvalue weighted by molar-refractivity contribution is 7.83. The summed E-state index contributed by atoms with van der Waals surface area (Å²) in [6, 6.07) is 0. The quantitative estimate of drug-likeness (QED) is 0.364. The van der Waals surface area contributed by atoms with Gasteiger partial charge in [-0.2, -0.15) is 12.6 Å². The monoisotopic (exact) mass is 86.0 g/mol. The van der Waals surface area contributed by atoms with Crippen LogP contribution in [0.2, 0.25) is 0 Å². The third-order valence-electron chi connectivity index (χ3n) is 0.222. The fourth-order valence-corrected chi connectivity index (χ4v) is 0.183. The molecular formula is C4H6S. The van der Waals surface area contributed by atoms with Crippen LogP contribution < -0.4 is 0 Å². The Balaban J connectivity index is 2.92. The number of hydrogen-bond acceptors (Lipinski definition) is 1. The van der Waals surface area contributed by atoms with Crippen LogP contribution in [0.4, 0.5) is 0 Å². The molecular weight excluding hydrogens is 80.1 g/mol. The van der Waals surface area contributed by atoms with Gasteiger partial charge in [0, 0.05) is 0 Å². The summed E-state index contributed by atoms with van der Waals surface area (Å²) in [5.41, 5.74) is 0. The Morgan fingerprint density at radius 1 is 1.60 bits per heavy atom. The van der Waals surface area contributed by atoms with Crippen LogP contribution in [0.1, 0.15) is 0 Å². The Labute approximate surface area is 37.6 Å². The van der Waals surface area contributed by atoms with E-state index in [2.05, 4.69) is 19.2 Å². The van der Waals surface area contributed by atoms with Crippen molar-refractivity contribution >= 4 is 12.6 Å². The van der Waals surface area contributed by atoms with Crippen LogP contribution in [0.5, 0.6) is 0 Å². The maximum absolute atomic E-state index is 3.75. The van der Waals surface area contributed by atoms with E-state index in [4.69, 9.17) is 0 Å². The molecule has 1 heteroatoms. The Kier molecular flexibility index (Phi) is 3.70. The SMILES string of the molecule is C=C/C=C/S. The average Bonchev–Trinajstić information content (AvgIpc) is 1.41. The summed E-state index contributed by atoms with van der Waals surface area (Å²) in [6.45, 7) is 3.41. The molecule has 0 aliphatic heterocycles. The summed E-state index contributed by atoms with van der Waals surface area (Å²) in [5, 5.41) is 1.63. The highest BCUT2D eigenvalue weighted by Crippen LogP contribution is 1.73. The van der Waals surface area contributed by atoms with Gasteiger partial charge in [-0.1, -0.05) is 18.7 Å². The van der Waals surface area contributed by atoms with E-state index in [1.54, 1.807) is 17.6 Å². The second kappa shape index (κ2) is 3.83. The van der Waals surface area contributed by atoms with Crippen molar-refractivity contribution in [3.8, 4) is 0 Å². The molecule has 0 aliphatic carbocycles. The lowest BCUT2D eigenvalue weighted by atomic mass is 10.6. The fraction of sp³-hybridized carbons (Fsp3) is 0. The van der Waals surface area contributed by atoms with Crippen LogP contribution in [0.15, 0.2) is 24.1 Å². The van der Waals surface area contributed by atoms with Crippen molar-refractivity contribution in [2.24, 2.45) is 0 Å². The zero-order chi connectivity index (χ0) is 4.12. The molecule has 0 saturated carbocycles. The predicted molar refractivity (Wildman–Crippen MR) is 28.3 cm³/mol. The Bertz CT molecular complexity index is 45.6. The summed E-state index contributed by atoms with van der Waals surface area (Å²) >= 11 is 3.75. The lowest BCUT2D eigenvalue weighted by Crippen LogP contribution is -1.29. The molecule has 0 atom stereocenters. The smallest absolute Gasteiger partial charge is 0.0324 e. The largest absolute Gasteiger partial charge is 0.151 e. The second-order valence-electron chi connectivity index (χ2n) is 0.577. The van der Waals surface area contributed by atoms with Crippen LogP contribution in [0.3, 0.4) is 0 Å². The van der Waals surface area contributed by atoms with Gasteiger partial charge >= 0.3 is 0 Å². The zero-order valence-corrected chi connectivity index (χ0v) is 3.78. The first kappa shape index (κ1) is 4.83. The van der Waals surface area contributed by atoms with Gasteiger partial charge in [0.25, 0.3) is 0 Å². The van der Waals surface area contributed by atoms with Crippen LogP contribution in [0.25, 0.3) is 0 Å². The average molecular weight is 86.2 g/mol. The van der Waals surface area contributed by atoms with Gasteiger partial charge in [0.1, 0.15) is 0 Å². The molecule has 5 heavy (non-hydrogen) atoms. The summed E-state index contributed by atoms with van der Waals surface area (Å²) in [5.74, 6) is 0. The molecule has 0 aliphatic rings. The molecule has 28 valence electrons. The molecule has 0 aromatic carbocycles. The van der Waals surface area contributed by atoms with Crippen molar-refractivity contribution in [2.75, 3.05) is 0 Å². The lowest BCUT2D eigenvalue weighted by molar-refractivity contribution is 2.13. The van der Waals surface area contributed by atoms with Crippen LogP contribution in [-0.4, -0.2) is 0 Å². The summed E-state index contributed by atoms with van der Waals surface area (Å²) in [6.07, 6.45) is 3.43. The van der Waals surface area contributed by atoms with Gasteiger partial charge in [-0.25, -0.2) is 0 Å². The molecule has 0 heterocycles. The van der Waals surface area contributed by atoms with Crippen molar-refractivity contribution in [1.82, 2.24) is 0 Å². The van der Waals surface area contributed by atoms with E-state index < -0.39 is 0 Å². The van der Waals surface area contributed by atoms with Gasteiger partial charge in [-0.05, 0) is 5.41 Å². The molecule has 0 nitrogen and oxygen atoms in total. The summed E-state index contributed by atoms with van der Waals surface area (Å²) in [4.78, 5) is 0. The van der Waals surface area contributed by atoms with Gasteiger partial charge in [-0.3, -0.25) is 0 Å². The highest BCUT2D eigenvalue weighted by atomic mass is 32.1. The maximum atomic E-state index is 3.75. The van der Waals surface area contributed by atoms with Gasteiger partial charge in [0.2, 0.25) is 0 Å². The number of rotatable bonds is 1. The molecule has 0 aromatic heterocycles. The molecule has 0 spiro atoms. The fourth-order valence-electron chi connectivity index (χ4n) is 0.0609. The first-order valence-corrected chi connectivity index (χ1v) is 1.85. The van der Waals surface area contributed by atoms with Crippen LogP contribution in [-0.2, 0) is 0 Å². The third kappa shape index (κ3) is 3.83. The number of allylic oxidation sites excluding steroid dienone is 2. The molecule has 0 N–H and O–H groups in total. The van der Waals surface area contributed by atoms with Gasteiger partial charge in [0.15, 0.2) is 0 Å². The standard InChI is InChI=1S/C4H6S/c1-2-3-4-5/h2-5H,1H2/b4-3+. The molecule has 0 unspecified atom stereocenters. The summed E-state index contributed by atoms with van der Waals surface area (Å²) < 4.78 is 0. The number of hydrogen-bond donors (Lipinski definition) is 1. The zero-order valence-electron chi connectivity index (χ0n) is 2.89. The molecule has 0 amide bonds. The minimum Gasteiger partial charge on any atom is -0.151 e. The van der Waals surface area contributed by atoms with Crippen molar-refractivity contribution in [1.29, 1.82) is 0 Å². The normalized spacial score (nSPS) is 9.00. The lowest BCUT2D eigenvalue weighted by Gasteiger charge is -1.55. The molecule has 0 rings (SSSR count). The van der Waals surface area contributed by atoms with E-state index in [1.165, 1.54) is 0 Å². The Morgan fingerprint density at radius 2 is 2.20 bits per heavy atom. The molecule has 0 saturated heterocycles. The Morgan fingerprint density at radius 3 is 2.20 bits per heavy atom. The molecule has 0 radical (unpaired) electrons. The van der Waals surface area contributed by atoms with E-state index in [-0.39, 0.29) is 0 Å². The number of thiol groups is 1. The van der Waals surface area contributed by atoms with E-state index in [0.29, 0.717) is 0 Å². The highest BCUT2D eigenvalue weighted by Gasteiger charge is 1.42. The Hall–Kier alpha value is -0.170. The second-order valence-corrected chi connectivity index (χ2v) is 0.875. The summed E-state index contributed by atoms with van der Waals surface area (Å²) in [7, 11) is 0. The van der Waals surface area contributed by atoms with Gasteiger partial charge < -0.3 is 0 Å².